The van der Waals surface area contributed by atoms with Crippen molar-refractivity contribution in [1.29, 1.82) is 0 Å². The second-order valence-electron chi connectivity index (χ2n) is 9.03. The van der Waals surface area contributed by atoms with Gasteiger partial charge in [-0.3, -0.25) is 14.5 Å². The number of aromatic amines is 1. The third-order valence-corrected chi connectivity index (χ3v) is 6.82. The first-order chi connectivity index (χ1) is 18.3. The summed E-state index contributed by atoms with van der Waals surface area (Å²) in [6, 6.07) is 14.7. The zero-order chi connectivity index (χ0) is 27.1. The van der Waals surface area contributed by atoms with Gasteiger partial charge in [-0.2, -0.15) is 0 Å². The van der Waals surface area contributed by atoms with Crippen LogP contribution in [0.15, 0.2) is 60.2 Å². The molecule has 194 valence electrons. The second-order valence-corrected chi connectivity index (χ2v) is 9.03. The molecule has 1 aliphatic heterocycles. The Morgan fingerprint density at radius 2 is 1.66 bits per heavy atom. The van der Waals surface area contributed by atoms with Crippen LogP contribution in [-0.4, -0.2) is 48.1 Å². The number of aryl methyl sites for hydroxylation is 2. The number of aliphatic hydroxyl groups excluding tert-OH is 1. The number of methoxy groups -OCH3 is 3. The van der Waals surface area contributed by atoms with E-state index in [-0.39, 0.29) is 17.3 Å². The number of carbonyl (C=O) groups excluding carboxylic acids is 2. The maximum absolute atomic E-state index is 13.5. The van der Waals surface area contributed by atoms with Crippen LogP contribution >= 0.6 is 0 Å². The Bertz CT molecular complexity index is 1580. The molecule has 5 rings (SSSR count). The first-order valence-corrected chi connectivity index (χ1v) is 11.9. The quantitative estimate of drug-likeness (QED) is 0.216. The van der Waals surface area contributed by atoms with Crippen molar-refractivity contribution >= 4 is 34.4 Å². The molecule has 1 saturated heterocycles. The summed E-state index contributed by atoms with van der Waals surface area (Å²) in [5.41, 5.74) is 4.29. The number of fused-ring (bicyclic) bond motifs is 1. The Hall–Kier alpha value is -4.79. The minimum atomic E-state index is -0.971. The van der Waals surface area contributed by atoms with Gasteiger partial charge in [-0.05, 0) is 73.0 Å². The van der Waals surface area contributed by atoms with Gasteiger partial charge >= 0.3 is 5.91 Å². The maximum Gasteiger partial charge on any atom is 0.302 e. The standard InChI is InChI=1S/C29H27N3O6/c1-15-11-20-21(12-16(15)2)31-29(30-20)32-25(17-7-6-8-19(13-17)36-3)24(27(34)28(32)35)26(33)18-9-10-22(37-4)23(14-18)38-5/h6-14,25,33H,1-5H3,(H,30,31)/b26-24+. The van der Waals surface area contributed by atoms with Crippen molar-refractivity contribution in [2.24, 2.45) is 0 Å². The highest BCUT2D eigenvalue weighted by molar-refractivity contribution is 6.51. The highest BCUT2D eigenvalue weighted by Crippen LogP contribution is 2.43. The molecule has 0 aliphatic carbocycles. The molecule has 1 aromatic heterocycles. The number of anilines is 1. The summed E-state index contributed by atoms with van der Waals surface area (Å²) >= 11 is 0. The fourth-order valence-corrected chi connectivity index (χ4v) is 4.69. The number of benzene rings is 3. The monoisotopic (exact) mass is 513 g/mol. The van der Waals surface area contributed by atoms with Crippen molar-refractivity contribution in [1.82, 2.24) is 9.97 Å². The molecule has 1 amide bonds. The summed E-state index contributed by atoms with van der Waals surface area (Å²) < 4.78 is 16.1. The molecule has 9 nitrogen and oxygen atoms in total. The SMILES string of the molecule is COc1cccc(C2/C(=C(\O)c3ccc(OC)c(OC)c3)C(=O)C(=O)N2c2nc3cc(C)c(C)cc3[nH]2)c1. The summed E-state index contributed by atoms with van der Waals surface area (Å²) in [6.07, 6.45) is 0. The van der Waals surface area contributed by atoms with E-state index in [0.29, 0.717) is 33.9 Å². The highest BCUT2D eigenvalue weighted by Gasteiger charge is 2.48. The lowest BCUT2D eigenvalue weighted by atomic mass is 9.95. The number of amides is 1. The number of ether oxygens (including phenoxy) is 3. The van der Waals surface area contributed by atoms with Crippen molar-refractivity contribution in [2.75, 3.05) is 26.2 Å². The van der Waals surface area contributed by atoms with Gasteiger partial charge in [-0.25, -0.2) is 4.98 Å². The van der Waals surface area contributed by atoms with Gasteiger partial charge < -0.3 is 24.3 Å². The number of H-pyrrole nitrogens is 1. The molecular weight excluding hydrogens is 486 g/mol. The van der Waals surface area contributed by atoms with Crippen molar-refractivity contribution < 1.29 is 28.9 Å². The minimum Gasteiger partial charge on any atom is -0.507 e. The average Bonchev–Trinajstić information content (AvgIpc) is 3.45. The summed E-state index contributed by atoms with van der Waals surface area (Å²) in [4.78, 5) is 36.1. The van der Waals surface area contributed by atoms with Crippen LogP contribution in [0.3, 0.4) is 0 Å². The number of nitrogens with one attached hydrogen (secondary N) is 1. The van der Waals surface area contributed by atoms with Gasteiger partial charge in [0.05, 0.1) is 44.0 Å². The van der Waals surface area contributed by atoms with Crippen LogP contribution in [0.2, 0.25) is 0 Å². The molecule has 9 heteroatoms. The lowest BCUT2D eigenvalue weighted by molar-refractivity contribution is -0.132. The zero-order valence-electron chi connectivity index (χ0n) is 21.7. The topological polar surface area (TPSA) is 114 Å². The summed E-state index contributed by atoms with van der Waals surface area (Å²) in [5.74, 6) is -0.428. The zero-order valence-corrected chi connectivity index (χ0v) is 21.7. The Kier molecular flexibility index (Phi) is 6.28. The number of hydrogen-bond acceptors (Lipinski definition) is 7. The molecule has 2 heterocycles. The predicted molar refractivity (Wildman–Crippen MR) is 143 cm³/mol. The van der Waals surface area contributed by atoms with Crippen molar-refractivity contribution in [2.45, 2.75) is 19.9 Å². The number of aromatic nitrogens is 2. The van der Waals surface area contributed by atoms with Gasteiger partial charge in [0.25, 0.3) is 5.78 Å². The number of imidazole rings is 1. The summed E-state index contributed by atoms with van der Waals surface area (Å²) in [5, 5.41) is 11.4. The molecule has 4 aromatic rings. The van der Waals surface area contributed by atoms with Gasteiger partial charge in [0, 0.05) is 5.56 Å². The maximum atomic E-state index is 13.5. The van der Waals surface area contributed by atoms with E-state index in [9.17, 15) is 14.7 Å². The normalized spacial score (nSPS) is 16.8. The van der Waals surface area contributed by atoms with Crippen LogP contribution in [0.4, 0.5) is 5.95 Å². The molecule has 1 aliphatic rings. The fourth-order valence-electron chi connectivity index (χ4n) is 4.69. The molecule has 2 N–H and O–H groups in total. The van der Waals surface area contributed by atoms with Gasteiger partial charge in [-0.1, -0.05) is 12.1 Å². The van der Waals surface area contributed by atoms with E-state index < -0.39 is 17.7 Å². The number of aliphatic hydroxyl groups is 1. The Labute approximate surface area is 219 Å². The van der Waals surface area contributed by atoms with Gasteiger partial charge in [0.15, 0.2) is 11.5 Å². The van der Waals surface area contributed by atoms with Gasteiger partial charge in [0.2, 0.25) is 5.95 Å². The Morgan fingerprint density at radius 1 is 0.921 bits per heavy atom. The third kappa shape index (κ3) is 4.02. The molecule has 0 spiro atoms. The molecule has 3 aromatic carbocycles. The van der Waals surface area contributed by atoms with Gasteiger partial charge in [-0.15, -0.1) is 0 Å². The van der Waals surface area contributed by atoms with E-state index in [1.54, 1.807) is 42.5 Å². The summed E-state index contributed by atoms with van der Waals surface area (Å²) in [7, 11) is 4.51. The molecule has 0 radical (unpaired) electrons. The van der Waals surface area contributed by atoms with Crippen molar-refractivity contribution in [3.63, 3.8) is 0 Å². The van der Waals surface area contributed by atoms with E-state index in [4.69, 9.17) is 14.2 Å². The van der Waals surface area contributed by atoms with E-state index in [1.807, 2.05) is 26.0 Å². The smallest absolute Gasteiger partial charge is 0.302 e. The van der Waals surface area contributed by atoms with E-state index in [0.717, 1.165) is 16.6 Å². The Balaban J connectivity index is 1.74. The predicted octanol–water partition coefficient (Wildman–Crippen LogP) is 4.83. The molecule has 38 heavy (non-hydrogen) atoms. The number of ketones is 1. The molecule has 1 unspecified atom stereocenters. The lowest BCUT2D eigenvalue weighted by Crippen LogP contribution is -2.30. The Morgan fingerprint density at radius 3 is 2.37 bits per heavy atom. The molecule has 1 fully saturated rings. The van der Waals surface area contributed by atoms with Crippen molar-refractivity contribution in [3.8, 4) is 17.2 Å². The van der Waals surface area contributed by atoms with Crippen LogP contribution in [-0.2, 0) is 9.59 Å². The summed E-state index contributed by atoms with van der Waals surface area (Å²) in [6.45, 7) is 3.97. The first-order valence-electron chi connectivity index (χ1n) is 11.9. The van der Waals surface area contributed by atoms with Crippen LogP contribution in [0.1, 0.15) is 28.3 Å². The minimum absolute atomic E-state index is 0.0803. The van der Waals surface area contributed by atoms with Crippen LogP contribution in [0.5, 0.6) is 17.2 Å². The number of hydrogen-bond donors (Lipinski definition) is 2. The van der Waals surface area contributed by atoms with Crippen molar-refractivity contribution in [3.05, 3.63) is 82.4 Å². The number of carbonyl (C=O) groups is 2. The van der Waals surface area contributed by atoms with E-state index in [1.165, 1.54) is 26.2 Å². The molecule has 1 atom stereocenters. The van der Waals surface area contributed by atoms with E-state index >= 15 is 0 Å². The number of nitrogens with zero attached hydrogens (tertiary/aromatic N) is 2. The number of rotatable bonds is 6. The van der Waals surface area contributed by atoms with Crippen LogP contribution in [0, 0.1) is 13.8 Å². The van der Waals surface area contributed by atoms with Crippen LogP contribution in [0.25, 0.3) is 16.8 Å². The van der Waals surface area contributed by atoms with E-state index in [2.05, 4.69) is 9.97 Å². The first kappa shape index (κ1) is 24.9. The third-order valence-electron chi connectivity index (χ3n) is 6.82. The van der Waals surface area contributed by atoms with Crippen LogP contribution < -0.4 is 19.1 Å². The largest absolute Gasteiger partial charge is 0.507 e. The molecular formula is C29H27N3O6. The highest BCUT2D eigenvalue weighted by atomic mass is 16.5. The lowest BCUT2D eigenvalue weighted by Gasteiger charge is -2.23. The number of Topliss-reactive ketones (excluding diaryl/α,β-unsaturated/α-hetero) is 1. The second kappa shape index (κ2) is 9.59. The average molecular weight is 514 g/mol. The fraction of sp³-hybridized carbons (Fsp3) is 0.207. The molecule has 0 saturated carbocycles. The van der Waals surface area contributed by atoms with Gasteiger partial charge in [0.1, 0.15) is 11.5 Å². The molecule has 0 bridgehead atoms.